The molecule has 2 bridgehead atoms. The average molecular weight is 281 g/mol. The molecule has 5 heteroatoms. The summed E-state index contributed by atoms with van der Waals surface area (Å²) in [7, 11) is 2.10. The van der Waals surface area contributed by atoms with Gasteiger partial charge in [-0.25, -0.2) is 13.6 Å². The number of hydrogen-bond acceptors (Lipinski definition) is 3. The lowest BCUT2D eigenvalue weighted by molar-refractivity contribution is -0.000533. The zero-order valence-electron chi connectivity index (χ0n) is 11.3. The number of hydrogen-bond donors (Lipinski definition) is 0. The average Bonchev–Trinajstić information content (AvgIpc) is 2.61. The first-order valence-electron chi connectivity index (χ1n) is 6.92. The SMILES string of the molecule is CN1[C@@H]2CC[C@@H]1CC(OC(=O)c1cc(F)cc(F)c1)C2. The largest absolute Gasteiger partial charge is 0.459 e. The van der Waals surface area contributed by atoms with Gasteiger partial charge in [0.15, 0.2) is 0 Å². The predicted molar refractivity (Wildman–Crippen MR) is 69.4 cm³/mol. The summed E-state index contributed by atoms with van der Waals surface area (Å²) in [5.74, 6) is -2.17. The third-order valence-corrected chi connectivity index (χ3v) is 4.43. The molecule has 2 aliphatic heterocycles. The Kier molecular flexibility index (Phi) is 3.46. The Balaban J connectivity index is 1.67. The number of nitrogens with zero attached hydrogens (tertiary/aromatic N) is 1. The van der Waals surface area contributed by atoms with E-state index in [0.717, 1.165) is 43.9 Å². The summed E-state index contributed by atoms with van der Waals surface area (Å²) in [6.45, 7) is 0. The van der Waals surface area contributed by atoms with Gasteiger partial charge in [0.1, 0.15) is 17.7 Å². The Morgan fingerprint density at radius 3 is 2.25 bits per heavy atom. The van der Waals surface area contributed by atoms with Gasteiger partial charge in [0.25, 0.3) is 0 Å². The first kappa shape index (κ1) is 13.5. The van der Waals surface area contributed by atoms with Crippen molar-refractivity contribution in [1.29, 1.82) is 0 Å². The number of ether oxygens (including phenoxy) is 1. The highest BCUT2D eigenvalue weighted by Gasteiger charge is 2.39. The maximum atomic E-state index is 13.1. The number of halogens is 2. The molecule has 0 aliphatic carbocycles. The normalized spacial score (nSPS) is 29.4. The third-order valence-electron chi connectivity index (χ3n) is 4.43. The fourth-order valence-electron chi connectivity index (χ4n) is 3.35. The second kappa shape index (κ2) is 5.13. The van der Waals surface area contributed by atoms with Gasteiger partial charge in [0.2, 0.25) is 0 Å². The smallest absolute Gasteiger partial charge is 0.338 e. The molecular weight excluding hydrogens is 264 g/mol. The van der Waals surface area contributed by atoms with Crippen LogP contribution in [0, 0.1) is 11.6 Å². The zero-order valence-corrected chi connectivity index (χ0v) is 11.3. The van der Waals surface area contributed by atoms with Gasteiger partial charge in [-0.15, -0.1) is 0 Å². The molecule has 3 nitrogen and oxygen atoms in total. The van der Waals surface area contributed by atoms with E-state index < -0.39 is 17.6 Å². The molecule has 0 N–H and O–H groups in total. The highest BCUT2D eigenvalue weighted by atomic mass is 19.1. The number of carbonyl (C=O) groups excluding carboxylic acids is 1. The molecule has 2 atom stereocenters. The van der Waals surface area contributed by atoms with E-state index in [4.69, 9.17) is 4.74 Å². The first-order valence-corrected chi connectivity index (χ1v) is 6.92. The minimum atomic E-state index is -0.764. The summed E-state index contributed by atoms with van der Waals surface area (Å²) in [6.07, 6.45) is 3.71. The van der Waals surface area contributed by atoms with Gasteiger partial charge in [-0.05, 0) is 32.0 Å². The standard InChI is InChI=1S/C15H17F2NO2/c1-18-12-2-3-13(18)8-14(7-12)20-15(19)9-4-10(16)6-11(17)5-9/h4-6,12-14H,2-3,7-8H2,1H3/t12-,13-/m1/s1. The fraction of sp³-hybridized carbons (Fsp3) is 0.533. The van der Waals surface area contributed by atoms with Crippen LogP contribution in [0.1, 0.15) is 36.0 Å². The first-order chi connectivity index (χ1) is 9.52. The summed E-state index contributed by atoms with van der Waals surface area (Å²) < 4.78 is 31.6. The van der Waals surface area contributed by atoms with E-state index in [0.29, 0.717) is 12.1 Å². The molecule has 20 heavy (non-hydrogen) atoms. The molecule has 1 aromatic rings. The van der Waals surface area contributed by atoms with Crippen molar-refractivity contribution < 1.29 is 18.3 Å². The highest BCUT2D eigenvalue weighted by molar-refractivity contribution is 5.89. The molecular formula is C15H17F2NO2. The fourth-order valence-corrected chi connectivity index (χ4v) is 3.35. The molecule has 3 rings (SSSR count). The Hall–Kier alpha value is -1.49. The molecule has 2 fully saturated rings. The van der Waals surface area contributed by atoms with E-state index >= 15 is 0 Å². The van der Waals surface area contributed by atoms with Crippen molar-refractivity contribution >= 4 is 5.97 Å². The van der Waals surface area contributed by atoms with E-state index in [1.807, 2.05) is 0 Å². The van der Waals surface area contributed by atoms with Crippen molar-refractivity contribution in [3.8, 4) is 0 Å². The topological polar surface area (TPSA) is 29.5 Å². The van der Waals surface area contributed by atoms with Crippen LogP contribution in [0.2, 0.25) is 0 Å². The van der Waals surface area contributed by atoms with Gasteiger partial charge in [0, 0.05) is 31.0 Å². The maximum Gasteiger partial charge on any atom is 0.338 e. The molecule has 108 valence electrons. The molecule has 0 unspecified atom stereocenters. The van der Waals surface area contributed by atoms with E-state index in [2.05, 4.69) is 11.9 Å². The van der Waals surface area contributed by atoms with Crippen LogP contribution in [0.25, 0.3) is 0 Å². The minimum Gasteiger partial charge on any atom is -0.459 e. The zero-order chi connectivity index (χ0) is 14.3. The van der Waals surface area contributed by atoms with Gasteiger partial charge in [-0.2, -0.15) is 0 Å². The van der Waals surface area contributed by atoms with E-state index in [-0.39, 0.29) is 11.7 Å². The highest BCUT2D eigenvalue weighted by Crippen LogP contribution is 2.35. The lowest BCUT2D eigenvalue weighted by atomic mass is 10.0. The second-order valence-corrected chi connectivity index (χ2v) is 5.71. The van der Waals surface area contributed by atoms with Crippen molar-refractivity contribution in [1.82, 2.24) is 4.90 Å². The second-order valence-electron chi connectivity index (χ2n) is 5.71. The molecule has 0 spiro atoms. The Labute approximate surface area is 116 Å². The number of benzene rings is 1. The number of piperidine rings is 1. The van der Waals surface area contributed by atoms with Gasteiger partial charge in [0.05, 0.1) is 5.56 Å². The maximum absolute atomic E-state index is 13.1. The van der Waals surface area contributed by atoms with Crippen LogP contribution >= 0.6 is 0 Å². The number of rotatable bonds is 2. The Morgan fingerprint density at radius 1 is 1.15 bits per heavy atom. The van der Waals surface area contributed by atoms with Gasteiger partial charge in [-0.3, -0.25) is 0 Å². The Bertz CT molecular complexity index is 500. The van der Waals surface area contributed by atoms with Crippen LogP contribution in [0.5, 0.6) is 0 Å². The van der Waals surface area contributed by atoms with Gasteiger partial charge < -0.3 is 9.64 Å². The monoisotopic (exact) mass is 281 g/mol. The van der Waals surface area contributed by atoms with Crippen LogP contribution in [0.4, 0.5) is 8.78 Å². The molecule has 2 heterocycles. The predicted octanol–water partition coefficient (Wildman–Crippen LogP) is 2.75. The molecule has 0 radical (unpaired) electrons. The third kappa shape index (κ3) is 2.54. The van der Waals surface area contributed by atoms with Crippen LogP contribution < -0.4 is 0 Å². The molecule has 0 saturated carbocycles. The van der Waals surface area contributed by atoms with Crippen molar-refractivity contribution in [2.75, 3.05) is 7.05 Å². The lowest BCUT2D eigenvalue weighted by Gasteiger charge is -2.35. The van der Waals surface area contributed by atoms with Crippen LogP contribution in [-0.2, 0) is 4.74 Å². The summed E-state index contributed by atoms with van der Waals surface area (Å²) in [5, 5.41) is 0. The van der Waals surface area contributed by atoms with Crippen LogP contribution in [0.15, 0.2) is 18.2 Å². The number of carbonyl (C=O) groups is 1. The number of esters is 1. The summed E-state index contributed by atoms with van der Waals surface area (Å²) in [5.41, 5.74) is -0.0613. The summed E-state index contributed by atoms with van der Waals surface area (Å²) >= 11 is 0. The van der Waals surface area contributed by atoms with Crippen LogP contribution in [-0.4, -0.2) is 36.1 Å². The molecule has 2 aliphatic rings. The molecule has 2 saturated heterocycles. The molecule has 1 aromatic carbocycles. The van der Waals surface area contributed by atoms with E-state index in [1.54, 1.807) is 0 Å². The van der Waals surface area contributed by atoms with Crippen molar-refractivity contribution in [3.63, 3.8) is 0 Å². The molecule has 0 amide bonds. The Morgan fingerprint density at radius 2 is 1.70 bits per heavy atom. The summed E-state index contributed by atoms with van der Waals surface area (Å²) in [4.78, 5) is 14.3. The van der Waals surface area contributed by atoms with E-state index in [9.17, 15) is 13.6 Å². The van der Waals surface area contributed by atoms with Gasteiger partial charge in [-0.1, -0.05) is 0 Å². The summed E-state index contributed by atoms with van der Waals surface area (Å²) in [6, 6.07) is 3.67. The number of fused-ring (bicyclic) bond motifs is 2. The van der Waals surface area contributed by atoms with Crippen molar-refractivity contribution in [2.45, 2.75) is 43.9 Å². The van der Waals surface area contributed by atoms with Gasteiger partial charge >= 0.3 is 5.97 Å². The lowest BCUT2D eigenvalue weighted by Crippen LogP contribution is -2.43. The van der Waals surface area contributed by atoms with Crippen LogP contribution in [0.3, 0.4) is 0 Å². The van der Waals surface area contributed by atoms with Crippen molar-refractivity contribution in [2.24, 2.45) is 0 Å². The molecule has 0 aromatic heterocycles. The van der Waals surface area contributed by atoms with Crippen molar-refractivity contribution in [3.05, 3.63) is 35.4 Å². The minimum absolute atomic E-state index is 0.0613. The quantitative estimate of drug-likeness (QED) is 0.781. The van der Waals surface area contributed by atoms with E-state index in [1.165, 1.54) is 0 Å².